The fourth-order valence-electron chi connectivity index (χ4n) is 3.41. The minimum absolute atomic E-state index is 0.0649. The van der Waals surface area contributed by atoms with Crippen LogP contribution in [-0.4, -0.2) is 17.6 Å². The van der Waals surface area contributed by atoms with Gasteiger partial charge in [0.15, 0.2) is 0 Å². The van der Waals surface area contributed by atoms with Gasteiger partial charge in [-0.05, 0) is 55.2 Å². The lowest BCUT2D eigenvalue weighted by Crippen LogP contribution is -2.29. The molecule has 2 fully saturated rings. The zero-order chi connectivity index (χ0) is 18.1. The number of hydrogen-bond acceptors (Lipinski definition) is 3. The number of carbonyl (C=O) groups excluding carboxylic acids is 2. The average molecular weight is 366 g/mol. The molecule has 2 aromatic carbocycles. The fourth-order valence-corrected chi connectivity index (χ4v) is 4.58. The molecule has 1 aliphatic carbocycles. The molecule has 134 valence electrons. The minimum atomic E-state index is -0.0649. The lowest BCUT2D eigenvalue weighted by atomic mass is 9.85. The van der Waals surface area contributed by atoms with Gasteiger partial charge in [-0.2, -0.15) is 0 Å². The van der Waals surface area contributed by atoms with Crippen LogP contribution in [0.25, 0.3) is 0 Å². The molecule has 0 spiro atoms. The number of carbonyl (C=O) groups is 2. The van der Waals surface area contributed by atoms with Gasteiger partial charge in [0, 0.05) is 17.3 Å². The summed E-state index contributed by atoms with van der Waals surface area (Å²) in [6, 6.07) is 15.9. The maximum atomic E-state index is 12.5. The van der Waals surface area contributed by atoms with Crippen molar-refractivity contribution in [2.75, 3.05) is 16.0 Å². The van der Waals surface area contributed by atoms with E-state index in [9.17, 15) is 9.59 Å². The van der Waals surface area contributed by atoms with Gasteiger partial charge in [-0.3, -0.25) is 14.5 Å². The van der Waals surface area contributed by atoms with Crippen LogP contribution in [-0.2, 0) is 9.59 Å². The number of benzene rings is 2. The van der Waals surface area contributed by atoms with Gasteiger partial charge < -0.3 is 5.32 Å². The number of rotatable bonds is 4. The Labute approximate surface area is 158 Å². The molecule has 1 saturated carbocycles. The molecule has 2 amide bonds. The van der Waals surface area contributed by atoms with E-state index >= 15 is 0 Å². The molecule has 4 rings (SSSR count). The molecule has 1 saturated heterocycles. The fraction of sp³-hybridized carbons (Fsp3) is 0.333. The Balaban J connectivity index is 1.58. The third-order valence-electron chi connectivity index (χ3n) is 5.06. The van der Waals surface area contributed by atoms with Crippen LogP contribution >= 0.6 is 11.8 Å². The number of nitrogens with one attached hydrogen (secondary N) is 1. The Morgan fingerprint density at radius 2 is 1.96 bits per heavy atom. The second-order valence-electron chi connectivity index (χ2n) is 7.01. The number of amides is 2. The van der Waals surface area contributed by atoms with Crippen LogP contribution in [0.2, 0.25) is 0 Å². The third-order valence-corrected chi connectivity index (χ3v) is 6.28. The molecule has 0 radical (unpaired) electrons. The first-order valence-corrected chi connectivity index (χ1v) is 10.1. The largest absolute Gasteiger partial charge is 0.326 e. The van der Waals surface area contributed by atoms with Gasteiger partial charge in [0.2, 0.25) is 11.8 Å². The van der Waals surface area contributed by atoms with Crippen LogP contribution in [0.5, 0.6) is 0 Å². The Bertz CT molecular complexity index is 847. The normalized spacial score (nSPS) is 20.1. The van der Waals surface area contributed by atoms with Gasteiger partial charge in [-0.1, -0.05) is 30.7 Å². The molecular formula is C21H22N2O2S. The Kier molecular flexibility index (Phi) is 4.72. The summed E-state index contributed by atoms with van der Waals surface area (Å²) in [5.74, 6) is 0.857. The lowest BCUT2D eigenvalue weighted by Gasteiger charge is -2.26. The molecule has 0 aromatic heterocycles. The number of aryl methyl sites for hydroxylation is 1. The van der Waals surface area contributed by atoms with Crippen LogP contribution in [0.4, 0.5) is 11.4 Å². The molecule has 0 bridgehead atoms. The lowest BCUT2D eigenvalue weighted by molar-refractivity contribution is -0.122. The highest BCUT2D eigenvalue weighted by atomic mass is 32.2. The van der Waals surface area contributed by atoms with E-state index in [2.05, 4.69) is 5.32 Å². The van der Waals surface area contributed by atoms with Crippen molar-refractivity contribution in [2.24, 2.45) is 5.92 Å². The number of hydrogen-bond donors (Lipinski definition) is 1. The minimum Gasteiger partial charge on any atom is -0.326 e. The smallest absolute Gasteiger partial charge is 0.238 e. The van der Waals surface area contributed by atoms with Crippen molar-refractivity contribution in [3.63, 3.8) is 0 Å². The van der Waals surface area contributed by atoms with Crippen molar-refractivity contribution in [3.8, 4) is 0 Å². The maximum Gasteiger partial charge on any atom is 0.238 e. The molecule has 1 atom stereocenters. The molecule has 1 aliphatic heterocycles. The molecule has 2 aliphatic rings. The van der Waals surface area contributed by atoms with Crippen molar-refractivity contribution in [2.45, 2.75) is 31.6 Å². The highest BCUT2D eigenvalue weighted by Crippen LogP contribution is 2.42. The summed E-state index contributed by atoms with van der Waals surface area (Å²) in [7, 11) is 0. The maximum absolute atomic E-state index is 12.5. The van der Waals surface area contributed by atoms with E-state index < -0.39 is 0 Å². The second kappa shape index (κ2) is 7.16. The summed E-state index contributed by atoms with van der Waals surface area (Å²) in [4.78, 5) is 26.6. The standard InChI is InChI=1S/C21H22N2O2S/c1-14-5-2-10-18(11-14)23-19(24)13-26-21(23)16-8-4-9-17(12-16)22-20(25)15-6-3-7-15/h2,4-5,8-12,15,21H,3,6-7,13H2,1H3,(H,22,25)/t21-/m1/s1. The monoisotopic (exact) mass is 366 g/mol. The van der Waals surface area contributed by atoms with Gasteiger partial charge in [0.25, 0.3) is 0 Å². The van der Waals surface area contributed by atoms with Gasteiger partial charge in [-0.15, -0.1) is 11.8 Å². The van der Waals surface area contributed by atoms with Crippen LogP contribution < -0.4 is 10.2 Å². The zero-order valence-electron chi connectivity index (χ0n) is 14.8. The van der Waals surface area contributed by atoms with E-state index in [0.29, 0.717) is 5.75 Å². The van der Waals surface area contributed by atoms with Crippen molar-refractivity contribution >= 4 is 35.0 Å². The Hall–Kier alpha value is -2.27. The highest BCUT2D eigenvalue weighted by molar-refractivity contribution is 8.00. The van der Waals surface area contributed by atoms with Crippen LogP contribution in [0.1, 0.15) is 35.8 Å². The van der Waals surface area contributed by atoms with E-state index in [-0.39, 0.29) is 23.1 Å². The number of thioether (sulfide) groups is 1. The second-order valence-corrected chi connectivity index (χ2v) is 8.08. The molecule has 5 heteroatoms. The van der Waals surface area contributed by atoms with Crippen LogP contribution in [0.15, 0.2) is 48.5 Å². The molecule has 1 N–H and O–H groups in total. The van der Waals surface area contributed by atoms with E-state index in [1.165, 1.54) is 0 Å². The predicted octanol–water partition coefficient (Wildman–Crippen LogP) is 4.51. The van der Waals surface area contributed by atoms with Crippen molar-refractivity contribution < 1.29 is 9.59 Å². The van der Waals surface area contributed by atoms with Crippen LogP contribution in [0, 0.1) is 12.8 Å². The number of anilines is 2. The van der Waals surface area contributed by atoms with Gasteiger partial charge >= 0.3 is 0 Å². The first-order valence-electron chi connectivity index (χ1n) is 9.03. The van der Waals surface area contributed by atoms with Crippen molar-refractivity contribution in [3.05, 3.63) is 59.7 Å². The van der Waals surface area contributed by atoms with Gasteiger partial charge in [0.05, 0.1) is 5.75 Å². The Morgan fingerprint density at radius 1 is 1.15 bits per heavy atom. The number of nitrogens with zero attached hydrogens (tertiary/aromatic N) is 1. The molecule has 4 nitrogen and oxygen atoms in total. The summed E-state index contributed by atoms with van der Waals surface area (Å²) >= 11 is 1.63. The highest BCUT2D eigenvalue weighted by Gasteiger charge is 2.34. The van der Waals surface area contributed by atoms with Gasteiger partial charge in [0.1, 0.15) is 5.37 Å². The van der Waals surface area contributed by atoms with E-state index in [4.69, 9.17) is 0 Å². The van der Waals surface area contributed by atoms with Crippen LogP contribution in [0.3, 0.4) is 0 Å². The van der Waals surface area contributed by atoms with Crippen molar-refractivity contribution in [1.82, 2.24) is 0 Å². The van der Waals surface area contributed by atoms with E-state index in [1.807, 2.05) is 60.4 Å². The van der Waals surface area contributed by atoms with Crippen molar-refractivity contribution in [1.29, 1.82) is 0 Å². The Morgan fingerprint density at radius 3 is 2.69 bits per heavy atom. The topological polar surface area (TPSA) is 49.4 Å². The first kappa shape index (κ1) is 17.2. The van der Waals surface area contributed by atoms with E-state index in [0.717, 1.165) is 41.8 Å². The SMILES string of the molecule is Cc1cccc(N2C(=O)CS[C@@H]2c2cccc(NC(=O)C3CCC3)c2)c1. The third kappa shape index (κ3) is 3.36. The zero-order valence-corrected chi connectivity index (χ0v) is 15.6. The van der Waals surface area contributed by atoms with Gasteiger partial charge in [-0.25, -0.2) is 0 Å². The summed E-state index contributed by atoms with van der Waals surface area (Å²) in [6.45, 7) is 2.03. The molecule has 26 heavy (non-hydrogen) atoms. The first-order chi connectivity index (χ1) is 12.6. The average Bonchev–Trinajstić information content (AvgIpc) is 2.95. The summed E-state index contributed by atoms with van der Waals surface area (Å²) in [6.07, 6.45) is 3.11. The summed E-state index contributed by atoms with van der Waals surface area (Å²) in [5, 5.41) is 2.97. The summed E-state index contributed by atoms with van der Waals surface area (Å²) < 4.78 is 0. The summed E-state index contributed by atoms with van der Waals surface area (Å²) in [5.41, 5.74) is 3.90. The molecule has 1 heterocycles. The molecule has 2 aromatic rings. The van der Waals surface area contributed by atoms with E-state index in [1.54, 1.807) is 11.8 Å². The molecular weight excluding hydrogens is 344 g/mol. The molecule has 0 unspecified atom stereocenters. The predicted molar refractivity (Wildman–Crippen MR) is 106 cm³/mol. The quantitative estimate of drug-likeness (QED) is 0.866.